The van der Waals surface area contributed by atoms with E-state index < -0.39 is 0 Å². The molecule has 10 nitrogen and oxygen atoms in total. The molecule has 0 unspecified atom stereocenters. The molecule has 0 atom stereocenters. The van der Waals surface area contributed by atoms with Crippen molar-refractivity contribution in [3.63, 3.8) is 0 Å². The average Bonchev–Trinajstić information content (AvgIpc) is 3.37. The molecule has 0 saturated carbocycles. The molecule has 1 saturated heterocycles. The number of nitrogens with one attached hydrogen (secondary N) is 1. The van der Waals surface area contributed by atoms with E-state index in [4.69, 9.17) is 15.7 Å². The van der Waals surface area contributed by atoms with E-state index in [1.54, 1.807) is 18.5 Å². The van der Waals surface area contributed by atoms with Crippen LogP contribution in [-0.2, 0) is 11.3 Å². The molecular formula is C30H28N8O2. The second-order valence-electron chi connectivity index (χ2n) is 9.66. The third kappa shape index (κ3) is 4.87. The Kier molecular flexibility index (Phi) is 6.67. The molecule has 5 aromatic rings. The molecule has 0 spiro atoms. The van der Waals surface area contributed by atoms with Crippen LogP contribution in [-0.4, -0.2) is 66.4 Å². The first-order valence-electron chi connectivity index (χ1n) is 13.0. The van der Waals surface area contributed by atoms with Gasteiger partial charge in [-0.25, -0.2) is 15.0 Å². The predicted molar refractivity (Wildman–Crippen MR) is 155 cm³/mol. The lowest BCUT2D eigenvalue weighted by Crippen LogP contribution is -2.47. The first kappa shape index (κ1) is 25.2. The van der Waals surface area contributed by atoms with Crippen molar-refractivity contribution in [2.45, 2.75) is 6.54 Å². The number of carbonyl (C=O) groups is 1. The molecule has 6 rings (SSSR count). The van der Waals surface area contributed by atoms with E-state index in [0.29, 0.717) is 47.2 Å². The highest BCUT2D eigenvalue weighted by atomic mass is 16.2. The van der Waals surface area contributed by atoms with Gasteiger partial charge in [0.1, 0.15) is 11.3 Å². The third-order valence-electron chi connectivity index (χ3n) is 7.12. The van der Waals surface area contributed by atoms with Gasteiger partial charge >= 0.3 is 0 Å². The number of carbonyl (C=O) groups excluding carboxylic acids is 1. The zero-order valence-electron chi connectivity index (χ0n) is 21.8. The zero-order valence-corrected chi connectivity index (χ0v) is 21.8. The van der Waals surface area contributed by atoms with Gasteiger partial charge in [-0.15, -0.1) is 0 Å². The molecule has 1 fully saturated rings. The number of amides is 1. The van der Waals surface area contributed by atoms with Gasteiger partial charge in [-0.1, -0.05) is 18.7 Å². The van der Waals surface area contributed by atoms with Crippen molar-refractivity contribution in [1.29, 1.82) is 0 Å². The number of nitrogens with zero attached hydrogens (tertiary/aromatic N) is 6. The first-order valence-corrected chi connectivity index (χ1v) is 13.0. The van der Waals surface area contributed by atoms with Crippen LogP contribution in [0.5, 0.6) is 0 Å². The fraction of sp³-hybridized carbons (Fsp3) is 0.167. The number of nitrogens with two attached hydrogens (primary N) is 1. The summed E-state index contributed by atoms with van der Waals surface area (Å²) in [5.41, 5.74) is 11.7. The lowest BCUT2D eigenvalue weighted by Gasteiger charge is -2.34. The number of anilines is 1. The number of rotatable bonds is 6. The topological polar surface area (TPSA) is 126 Å². The number of H-pyrrole nitrogens is 1. The summed E-state index contributed by atoms with van der Waals surface area (Å²) in [7, 11) is 0. The summed E-state index contributed by atoms with van der Waals surface area (Å²) in [6, 6.07) is 19.1. The first-order chi connectivity index (χ1) is 19.5. The summed E-state index contributed by atoms with van der Waals surface area (Å²) in [4.78, 5) is 44.4. The summed E-state index contributed by atoms with van der Waals surface area (Å²) < 4.78 is 1.99. The van der Waals surface area contributed by atoms with Crippen molar-refractivity contribution in [2.75, 3.05) is 31.9 Å². The van der Waals surface area contributed by atoms with Crippen molar-refractivity contribution in [1.82, 2.24) is 34.3 Å². The second kappa shape index (κ2) is 10.6. The van der Waals surface area contributed by atoms with Gasteiger partial charge in [0, 0.05) is 62.4 Å². The number of imidazole rings is 1. The molecule has 0 aliphatic carbocycles. The Morgan fingerprint density at radius 2 is 1.80 bits per heavy atom. The minimum atomic E-state index is -0.170. The number of piperazine rings is 1. The van der Waals surface area contributed by atoms with Crippen LogP contribution in [0.1, 0.15) is 5.56 Å². The number of fused-ring (bicyclic) bond motifs is 1. The lowest BCUT2D eigenvalue weighted by molar-refractivity contribution is -0.127. The molecule has 40 heavy (non-hydrogen) atoms. The second-order valence-corrected chi connectivity index (χ2v) is 9.66. The Morgan fingerprint density at radius 1 is 1.00 bits per heavy atom. The van der Waals surface area contributed by atoms with Gasteiger partial charge < -0.3 is 15.6 Å². The van der Waals surface area contributed by atoms with Gasteiger partial charge in [0.25, 0.3) is 0 Å². The fourth-order valence-electron chi connectivity index (χ4n) is 4.98. The number of hydrogen-bond donors (Lipinski definition) is 2. The SMILES string of the molecule is C=CC(=O)N1CCN(Cc2ccc(-n3c(-c4cccnc4N)nc4ccc(-c5ccc(=O)[nH]c5)nc43)cc2)CC1. The number of aromatic amines is 1. The zero-order chi connectivity index (χ0) is 27.6. The summed E-state index contributed by atoms with van der Waals surface area (Å²) in [6.07, 6.45) is 4.68. The number of pyridine rings is 3. The van der Waals surface area contributed by atoms with Gasteiger partial charge in [0.15, 0.2) is 11.5 Å². The maximum absolute atomic E-state index is 11.9. The van der Waals surface area contributed by atoms with E-state index in [1.165, 1.54) is 17.7 Å². The van der Waals surface area contributed by atoms with Crippen LogP contribution in [0.4, 0.5) is 5.82 Å². The molecule has 1 aliphatic heterocycles. The standard InChI is InChI=1S/C30H28N8O2/c1-2-27(40)37-16-14-36(15-17-37)19-20-5-8-22(9-6-20)38-29(23-4-3-13-32-28(23)31)35-25-11-10-24(34-30(25)38)21-7-12-26(39)33-18-21/h2-13,18H,1,14-17,19H2,(H2,31,32)(H,33,39). The van der Waals surface area contributed by atoms with Crippen LogP contribution in [0.25, 0.3) is 39.5 Å². The lowest BCUT2D eigenvalue weighted by atomic mass is 10.1. The highest BCUT2D eigenvalue weighted by Gasteiger charge is 2.21. The highest BCUT2D eigenvalue weighted by Crippen LogP contribution is 2.31. The molecular weight excluding hydrogens is 504 g/mol. The Balaban J connectivity index is 1.36. The third-order valence-corrected chi connectivity index (χ3v) is 7.12. The molecule has 10 heteroatoms. The van der Waals surface area contributed by atoms with Crippen LogP contribution in [0.3, 0.4) is 0 Å². The van der Waals surface area contributed by atoms with E-state index >= 15 is 0 Å². The van der Waals surface area contributed by atoms with Crippen molar-refractivity contribution in [3.8, 4) is 28.3 Å². The van der Waals surface area contributed by atoms with Crippen LogP contribution >= 0.6 is 0 Å². The number of hydrogen-bond acceptors (Lipinski definition) is 7. The molecule has 1 aliphatic rings. The molecule has 1 amide bonds. The van der Waals surface area contributed by atoms with Crippen molar-refractivity contribution in [3.05, 3.63) is 102 Å². The summed E-state index contributed by atoms with van der Waals surface area (Å²) in [5.74, 6) is 1.01. The number of benzene rings is 1. The van der Waals surface area contributed by atoms with Crippen molar-refractivity contribution < 1.29 is 4.79 Å². The predicted octanol–water partition coefficient (Wildman–Crippen LogP) is 3.25. The highest BCUT2D eigenvalue weighted by molar-refractivity contribution is 5.87. The van der Waals surface area contributed by atoms with Gasteiger partial charge in [0.05, 0.1) is 11.3 Å². The van der Waals surface area contributed by atoms with Crippen LogP contribution in [0, 0.1) is 0 Å². The largest absolute Gasteiger partial charge is 0.383 e. The Labute approximate surface area is 230 Å². The van der Waals surface area contributed by atoms with Crippen LogP contribution in [0.2, 0.25) is 0 Å². The Hall–Kier alpha value is -5.09. The summed E-state index contributed by atoms with van der Waals surface area (Å²) >= 11 is 0. The molecule has 1 aromatic carbocycles. The minimum Gasteiger partial charge on any atom is -0.383 e. The van der Waals surface area contributed by atoms with Gasteiger partial charge in [-0.05, 0) is 54.1 Å². The maximum atomic E-state index is 11.9. The molecule has 3 N–H and O–H groups in total. The summed E-state index contributed by atoms with van der Waals surface area (Å²) in [6.45, 7) is 7.40. The van der Waals surface area contributed by atoms with Crippen LogP contribution < -0.4 is 11.3 Å². The normalized spacial score (nSPS) is 13.9. The average molecular weight is 533 g/mol. The molecule has 0 bridgehead atoms. The van der Waals surface area contributed by atoms with Gasteiger partial charge in [-0.2, -0.15) is 0 Å². The number of aromatic nitrogens is 5. The monoisotopic (exact) mass is 532 g/mol. The smallest absolute Gasteiger partial charge is 0.247 e. The van der Waals surface area contributed by atoms with E-state index in [0.717, 1.165) is 30.9 Å². The van der Waals surface area contributed by atoms with Crippen molar-refractivity contribution >= 4 is 22.9 Å². The van der Waals surface area contributed by atoms with Crippen molar-refractivity contribution in [2.24, 2.45) is 0 Å². The van der Waals surface area contributed by atoms with Crippen LogP contribution in [0.15, 0.2) is 90.5 Å². The van der Waals surface area contributed by atoms with E-state index in [9.17, 15) is 9.59 Å². The van der Waals surface area contributed by atoms with Gasteiger partial charge in [0.2, 0.25) is 11.5 Å². The Morgan fingerprint density at radius 3 is 2.50 bits per heavy atom. The van der Waals surface area contributed by atoms with Gasteiger partial charge in [-0.3, -0.25) is 19.1 Å². The molecule has 5 heterocycles. The maximum Gasteiger partial charge on any atom is 0.247 e. The van der Waals surface area contributed by atoms with E-state index in [2.05, 4.69) is 45.7 Å². The fourth-order valence-corrected chi connectivity index (χ4v) is 4.98. The Bertz CT molecular complexity index is 1740. The quantitative estimate of drug-likeness (QED) is 0.322. The minimum absolute atomic E-state index is 0.0149. The van der Waals surface area contributed by atoms with E-state index in [1.807, 2.05) is 33.7 Å². The molecule has 200 valence electrons. The molecule has 4 aromatic heterocycles. The molecule has 0 radical (unpaired) electrons. The summed E-state index contributed by atoms with van der Waals surface area (Å²) in [5, 5.41) is 0. The van der Waals surface area contributed by atoms with E-state index in [-0.39, 0.29) is 11.5 Å². The number of nitrogen functional groups attached to an aromatic ring is 1.